The number of benzene rings is 1. The van der Waals surface area contributed by atoms with E-state index in [1.54, 1.807) is 0 Å². The van der Waals surface area contributed by atoms with Crippen LogP contribution in [0, 0.1) is 17.7 Å². The predicted octanol–water partition coefficient (Wildman–Crippen LogP) is 0.245. The van der Waals surface area contributed by atoms with Crippen LogP contribution in [0.3, 0.4) is 0 Å². The van der Waals surface area contributed by atoms with Crippen molar-refractivity contribution in [1.29, 1.82) is 0 Å². The first-order chi connectivity index (χ1) is 6.11. The molecule has 3 nitrogen and oxygen atoms in total. The van der Waals surface area contributed by atoms with Crippen LogP contribution >= 0.6 is 0 Å². The number of carbonyl (C=O) groups excluding carboxylic acids is 1. The van der Waals surface area contributed by atoms with E-state index >= 15 is 0 Å². The van der Waals surface area contributed by atoms with Gasteiger partial charge in [0.25, 0.3) is 5.91 Å². The van der Waals surface area contributed by atoms with Crippen LogP contribution in [0.5, 0.6) is 0 Å². The molecule has 0 unspecified atom stereocenters. The Labute approximate surface area is 74.5 Å². The van der Waals surface area contributed by atoms with Gasteiger partial charge in [-0.1, -0.05) is 12.0 Å². The van der Waals surface area contributed by atoms with Crippen molar-refractivity contribution in [2.75, 3.05) is 5.73 Å². The van der Waals surface area contributed by atoms with Gasteiger partial charge in [0.15, 0.2) is 0 Å². The number of halogens is 1. The molecule has 13 heavy (non-hydrogen) atoms. The lowest BCUT2D eigenvalue weighted by molar-refractivity contribution is -0.112. The molecule has 0 spiro atoms. The zero-order chi connectivity index (χ0) is 9.84. The maximum atomic E-state index is 13.0. The maximum absolute atomic E-state index is 13.0. The smallest absolute Gasteiger partial charge is 0.293 e. The Hall–Kier alpha value is -2.02. The predicted molar refractivity (Wildman–Crippen MR) is 46.9 cm³/mol. The molecule has 0 aromatic heterocycles. The fourth-order valence-corrected chi connectivity index (χ4v) is 0.797. The van der Waals surface area contributed by atoms with Crippen molar-refractivity contribution in [3.8, 4) is 11.8 Å². The lowest BCUT2D eigenvalue weighted by atomic mass is 10.2. The van der Waals surface area contributed by atoms with E-state index in [4.69, 9.17) is 11.5 Å². The lowest BCUT2D eigenvalue weighted by Crippen LogP contribution is -2.06. The molecule has 0 aliphatic heterocycles. The molecular weight excluding hydrogens is 171 g/mol. The standard InChI is InChI=1S/C9H7FN2O/c10-7-2-1-3-8(11)6(7)4-5-9(12)13/h1-3H,11H2,(H2,12,13). The van der Waals surface area contributed by atoms with Crippen LogP contribution in [-0.4, -0.2) is 5.91 Å². The Bertz CT molecular complexity index is 384. The highest BCUT2D eigenvalue weighted by Crippen LogP contribution is 2.13. The number of hydrogen-bond acceptors (Lipinski definition) is 2. The first-order valence-electron chi connectivity index (χ1n) is 3.46. The quantitative estimate of drug-likeness (QED) is 0.441. The van der Waals surface area contributed by atoms with Gasteiger partial charge in [-0.3, -0.25) is 4.79 Å². The van der Waals surface area contributed by atoms with Crippen molar-refractivity contribution in [3.05, 3.63) is 29.6 Å². The van der Waals surface area contributed by atoms with Crippen molar-refractivity contribution >= 4 is 11.6 Å². The molecule has 1 aromatic carbocycles. The summed E-state index contributed by atoms with van der Waals surface area (Å²) in [6.45, 7) is 0. The summed E-state index contributed by atoms with van der Waals surface area (Å²) in [5.74, 6) is 2.89. The Balaban J connectivity index is 3.16. The normalized spacial score (nSPS) is 8.69. The first-order valence-corrected chi connectivity index (χ1v) is 3.46. The fraction of sp³-hybridized carbons (Fsp3) is 0. The highest BCUT2D eigenvalue weighted by molar-refractivity contribution is 5.92. The molecule has 4 heteroatoms. The number of amides is 1. The van der Waals surface area contributed by atoms with Crippen LogP contribution in [0.4, 0.5) is 10.1 Å². The highest BCUT2D eigenvalue weighted by Gasteiger charge is 2.01. The van der Waals surface area contributed by atoms with Gasteiger partial charge in [-0.15, -0.1) is 0 Å². The molecule has 0 atom stereocenters. The SMILES string of the molecule is NC(=O)C#Cc1c(N)cccc1F. The van der Waals surface area contributed by atoms with E-state index in [0.29, 0.717) is 0 Å². The molecule has 4 N–H and O–H groups in total. The molecule has 1 aromatic rings. The van der Waals surface area contributed by atoms with E-state index in [0.717, 1.165) is 0 Å². The molecule has 0 heterocycles. The maximum Gasteiger partial charge on any atom is 0.293 e. The summed E-state index contributed by atoms with van der Waals surface area (Å²) < 4.78 is 13.0. The van der Waals surface area contributed by atoms with Crippen molar-refractivity contribution in [2.45, 2.75) is 0 Å². The van der Waals surface area contributed by atoms with Gasteiger partial charge in [-0.05, 0) is 12.1 Å². The zero-order valence-electron chi connectivity index (χ0n) is 6.67. The monoisotopic (exact) mass is 178 g/mol. The second-order valence-electron chi connectivity index (χ2n) is 2.32. The minimum absolute atomic E-state index is 0.00120. The highest BCUT2D eigenvalue weighted by atomic mass is 19.1. The van der Waals surface area contributed by atoms with E-state index in [1.807, 2.05) is 5.92 Å². The van der Waals surface area contributed by atoms with Gasteiger partial charge in [-0.25, -0.2) is 4.39 Å². The number of anilines is 1. The molecular formula is C9H7FN2O. The average Bonchev–Trinajstić information content (AvgIpc) is 2.03. The third kappa shape index (κ3) is 2.20. The van der Waals surface area contributed by atoms with Gasteiger partial charge >= 0.3 is 0 Å². The fourth-order valence-electron chi connectivity index (χ4n) is 0.797. The van der Waals surface area contributed by atoms with Gasteiger partial charge in [0.05, 0.1) is 11.3 Å². The minimum atomic E-state index is -0.817. The number of nitrogen functional groups attached to an aromatic ring is 1. The van der Waals surface area contributed by atoms with Gasteiger partial charge in [0.1, 0.15) is 5.82 Å². The largest absolute Gasteiger partial charge is 0.398 e. The van der Waals surface area contributed by atoms with E-state index in [9.17, 15) is 9.18 Å². The molecule has 0 aliphatic carbocycles. The van der Waals surface area contributed by atoms with Crippen LogP contribution in [-0.2, 0) is 4.79 Å². The van der Waals surface area contributed by atoms with E-state index in [-0.39, 0.29) is 11.3 Å². The van der Waals surface area contributed by atoms with Crippen molar-refractivity contribution in [1.82, 2.24) is 0 Å². The van der Waals surface area contributed by atoms with Crippen LogP contribution in [0.2, 0.25) is 0 Å². The van der Waals surface area contributed by atoms with Crippen molar-refractivity contribution in [3.63, 3.8) is 0 Å². The van der Waals surface area contributed by atoms with Crippen LogP contribution in [0.15, 0.2) is 18.2 Å². The van der Waals surface area contributed by atoms with Gasteiger partial charge in [-0.2, -0.15) is 0 Å². The third-order valence-corrected chi connectivity index (χ3v) is 1.36. The molecule has 0 aliphatic rings. The van der Waals surface area contributed by atoms with E-state index in [2.05, 4.69) is 5.92 Å². The molecule has 1 rings (SSSR count). The number of carbonyl (C=O) groups is 1. The molecule has 66 valence electrons. The second kappa shape index (κ2) is 3.59. The van der Waals surface area contributed by atoms with Crippen LogP contribution in [0.25, 0.3) is 0 Å². The van der Waals surface area contributed by atoms with Gasteiger partial charge in [0.2, 0.25) is 0 Å². The molecule has 0 radical (unpaired) electrons. The van der Waals surface area contributed by atoms with E-state index < -0.39 is 11.7 Å². The summed E-state index contributed by atoms with van der Waals surface area (Å²) in [7, 11) is 0. The molecule has 0 fully saturated rings. The van der Waals surface area contributed by atoms with Gasteiger partial charge in [0, 0.05) is 5.92 Å². The summed E-state index contributed by atoms with van der Waals surface area (Å²) >= 11 is 0. The van der Waals surface area contributed by atoms with Gasteiger partial charge < -0.3 is 11.5 Å². The minimum Gasteiger partial charge on any atom is -0.398 e. The van der Waals surface area contributed by atoms with Crippen LogP contribution in [0.1, 0.15) is 5.56 Å². The Kier molecular flexibility index (Phi) is 2.50. The number of hydrogen-bond donors (Lipinski definition) is 2. The third-order valence-electron chi connectivity index (χ3n) is 1.36. The molecule has 0 saturated carbocycles. The molecule has 0 bridgehead atoms. The van der Waals surface area contributed by atoms with Crippen LogP contribution < -0.4 is 11.5 Å². The Morgan fingerprint density at radius 1 is 1.46 bits per heavy atom. The topological polar surface area (TPSA) is 69.1 Å². The van der Waals surface area contributed by atoms with E-state index in [1.165, 1.54) is 18.2 Å². The van der Waals surface area contributed by atoms with Crippen molar-refractivity contribution < 1.29 is 9.18 Å². The lowest BCUT2D eigenvalue weighted by Gasteiger charge is -1.97. The summed E-state index contributed by atoms with van der Waals surface area (Å²) in [6.07, 6.45) is 0. The molecule has 0 saturated heterocycles. The number of rotatable bonds is 0. The summed E-state index contributed by atoms with van der Waals surface area (Å²) in [6, 6.07) is 4.16. The summed E-state index contributed by atoms with van der Waals surface area (Å²) in [4.78, 5) is 10.3. The Morgan fingerprint density at radius 2 is 2.15 bits per heavy atom. The summed E-state index contributed by atoms with van der Waals surface area (Å²) in [5.41, 5.74) is 10.4. The Morgan fingerprint density at radius 3 is 2.69 bits per heavy atom. The zero-order valence-corrected chi connectivity index (χ0v) is 6.67. The average molecular weight is 178 g/mol. The first kappa shape index (κ1) is 9.07. The molecule has 1 amide bonds. The summed E-state index contributed by atoms with van der Waals surface area (Å²) in [5, 5.41) is 0. The van der Waals surface area contributed by atoms with Crippen molar-refractivity contribution in [2.24, 2.45) is 5.73 Å². The number of nitrogens with two attached hydrogens (primary N) is 2. The number of primary amides is 1. The second-order valence-corrected chi connectivity index (χ2v) is 2.32.